The molecular weight excluding hydrogens is 354 g/mol. The van der Waals surface area contributed by atoms with Crippen LogP contribution in [0.4, 0.5) is 0 Å². The van der Waals surface area contributed by atoms with Crippen LogP contribution in [-0.4, -0.2) is 29.7 Å². The summed E-state index contributed by atoms with van der Waals surface area (Å²) in [5.74, 6) is 1.53. The number of hydrogen-bond donors (Lipinski definition) is 0. The van der Waals surface area contributed by atoms with Crippen molar-refractivity contribution in [1.29, 1.82) is 0 Å². The van der Waals surface area contributed by atoms with Crippen molar-refractivity contribution >= 4 is 28.4 Å². The smallest absolute Gasteiger partial charge is 0.233 e. The van der Waals surface area contributed by atoms with Crippen LogP contribution in [0.1, 0.15) is 18.4 Å². The fraction of sp³-hybridized carbons (Fsp3) is 0.261. The molecule has 1 aliphatic carbocycles. The summed E-state index contributed by atoms with van der Waals surface area (Å²) in [7, 11) is 1.67. The average molecular weight is 378 g/mol. The number of amides is 1. The van der Waals surface area contributed by atoms with Gasteiger partial charge >= 0.3 is 0 Å². The van der Waals surface area contributed by atoms with E-state index in [1.54, 1.807) is 18.9 Å². The maximum Gasteiger partial charge on any atom is 0.233 e. The highest BCUT2D eigenvalue weighted by Gasteiger charge is 2.32. The highest BCUT2D eigenvalue weighted by Crippen LogP contribution is 2.30. The van der Waals surface area contributed by atoms with Gasteiger partial charge in [0.1, 0.15) is 5.75 Å². The fourth-order valence-corrected chi connectivity index (χ4v) is 4.05. The van der Waals surface area contributed by atoms with Gasteiger partial charge < -0.3 is 9.64 Å². The lowest BCUT2D eigenvalue weighted by Crippen LogP contribution is -2.33. The van der Waals surface area contributed by atoms with Gasteiger partial charge in [0.05, 0.1) is 12.9 Å². The van der Waals surface area contributed by atoms with Crippen LogP contribution in [0.15, 0.2) is 71.6 Å². The molecule has 0 aliphatic heterocycles. The minimum Gasteiger partial charge on any atom is -0.497 e. The minimum atomic E-state index is 0.214. The summed E-state index contributed by atoms with van der Waals surface area (Å²) < 4.78 is 5.22. The Hall–Kier alpha value is -2.46. The molecule has 0 unspecified atom stereocenters. The molecule has 4 rings (SSSR count). The van der Waals surface area contributed by atoms with E-state index in [2.05, 4.69) is 30.3 Å². The minimum absolute atomic E-state index is 0.214. The second kappa shape index (κ2) is 8.05. The molecule has 3 nitrogen and oxygen atoms in total. The quantitative estimate of drug-likeness (QED) is 0.535. The molecule has 0 bridgehead atoms. The van der Waals surface area contributed by atoms with Crippen molar-refractivity contribution < 1.29 is 9.53 Å². The van der Waals surface area contributed by atoms with Crippen LogP contribution >= 0.6 is 11.8 Å². The predicted octanol–water partition coefficient (Wildman–Crippen LogP) is 5.13. The maximum absolute atomic E-state index is 12.9. The van der Waals surface area contributed by atoms with Crippen LogP contribution in [0, 0.1) is 0 Å². The lowest BCUT2D eigenvalue weighted by atomic mass is 10.1. The van der Waals surface area contributed by atoms with E-state index in [9.17, 15) is 4.79 Å². The first-order valence-electron chi connectivity index (χ1n) is 9.27. The largest absolute Gasteiger partial charge is 0.497 e. The number of benzene rings is 3. The van der Waals surface area contributed by atoms with Gasteiger partial charge in [-0.25, -0.2) is 0 Å². The van der Waals surface area contributed by atoms with Crippen molar-refractivity contribution in [3.63, 3.8) is 0 Å². The van der Waals surface area contributed by atoms with Crippen molar-refractivity contribution in [2.45, 2.75) is 30.3 Å². The molecule has 0 atom stereocenters. The van der Waals surface area contributed by atoms with Crippen LogP contribution in [-0.2, 0) is 11.3 Å². The molecular formula is C23H23NO2S. The standard InChI is InChI=1S/C23H23NO2S/c1-26-21-11-6-17(7-12-21)15-24(20-9-10-20)23(25)16-27-22-13-8-18-4-2-3-5-19(18)14-22/h2-8,11-14,20H,9-10,15-16H2,1H3. The van der Waals surface area contributed by atoms with Crippen molar-refractivity contribution in [2.24, 2.45) is 0 Å². The molecule has 0 N–H and O–H groups in total. The third-order valence-electron chi connectivity index (χ3n) is 4.90. The Kier molecular flexibility index (Phi) is 5.35. The molecule has 1 saturated carbocycles. The first kappa shape index (κ1) is 17.9. The van der Waals surface area contributed by atoms with E-state index >= 15 is 0 Å². The summed E-state index contributed by atoms with van der Waals surface area (Å²) in [6.07, 6.45) is 2.23. The summed E-state index contributed by atoms with van der Waals surface area (Å²) in [5.41, 5.74) is 1.15. The monoisotopic (exact) mass is 377 g/mol. The van der Waals surface area contributed by atoms with Crippen LogP contribution < -0.4 is 4.74 Å². The van der Waals surface area contributed by atoms with E-state index in [1.807, 2.05) is 41.3 Å². The number of thioether (sulfide) groups is 1. The Morgan fingerprint density at radius 2 is 1.78 bits per heavy atom. The van der Waals surface area contributed by atoms with Crippen LogP contribution in [0.2, 0.25) is 0 Å². The maximum atomic E-state index is 12.9. The summed E-state index contributed by atoms with van der Waals surface area (Å²) in [6.45, 7) is 0.672. The number of rotatable bonds is 7. The molecule has 27 heavy (non-hydrogen) atoms. The first-order chi connectivity index (χ1) is 13.2. The van der Waals surface area contributed by atoms with Crippen LogP contribution in [0.25, 0.3) is 10.8 Å². The van der Waals surface area contributed by atoms with Gasteiger partial charge in [-0.2, -0.15) is 0 Å². The van der Waals surface area contributed by atoms with Crippen LogP contribution in [0.5, 0.6) is 5.75 Å². The zero-order valence-corrected chi connectivity index (χ0v) is 16.2. The summed E-state index contributed by atoms with van der Waals surface area (Å²) >= 11 is 1.62. The molecule has 1 fully saturated rings. The van der Waals surface area contributed by atoms with E-state index in [1.165, 1.54) is 10.8 Å². The van der Waals surface area contributed by atoms with Gasteiger partial charge in [-0.05, 0) is 53.4 Å². The molecule has 0 spiro atoms. The summed E-state index contributed by atoms with van der Waals surface area (Å²) in [4.78, 5) is 16.0. The molecule has 1 aliphatic rings. The molecule has 3 aromatic carbocycles. The summed E-state index contributed by atoms with van der Waals surface area (Å²) in [5, 5.41) is 2.44. The highest BCUT2D eigenvalue weighted by molar-refractivity contribution is 8.00. The molecule has 0 saturated heterocycles. The number of methoxy groups -OCH3 is 1. The van der Waals surface area contributed by atoms with Crippen molar-refractivity contribution in [3.8, 4) is 5.75 Å². The Morgan fingerprint density at radius 3 is 2.48 bits per heavy atom. The molecule has 3 aromatic rings. The molecule has 138 valence electrons. The second-order valence-corrected chi connectivity index (χ2v) is 7.95. The van der Waals surface area contributed by atoms with E-state index in [4.69, 9.17) is 4.74 Å². The van der Waals surface area contributed by atoms with Crippen molar-refractivity contribution in [3.05, 3.63) is 72.3 Å². The number of fused-ring (bicyclic) bond motifs is 1. The number of carbonyl (C=O) groups is 1. The SMILES string of the molecule is COc1ccc(CN(C(=O)CSc2ccc3ccccc3c2)C2CC2)cc1. The molecule has 0 heterocycles. The van der Waals surface area contributed by atoms with E-state index in [-0.39, 0.29) is 5.91 Å². The van der Waals surface area contributed by atoms with Crippen molar-refractivity contribution in [1.82, 2.24) is 4.90 Å². The third kappa shape index (κ3) is 4.45. The zero-order valence-electron chi connectivity index (χ0n) is 15.4. The second-order valence-electron chi connectivity index (χ2n) is 6.90. The average Bonchev–Trinajstić information content (AvgIpc) is 3.55. The predicted molar refractivity (Wildman–Crippen MR) is 111 cm³/mol. The van der Waals surface area contributed by atoms with Crippen LogP contribution in [0.3, 0.4) is 0 Å². The number of hydrogen-bond acceptors (Lipinski definition) is 3. The molecule has 0 radical (unpaired) electrons. The van der Waals surface area contributed by atoms with Gasteiger partial charge in [0.2, 0.25) is 5.91 Å². The lowest BCUT2D eigenvalue weighted by molar-refractivity contribution is -0.129. The van der Waals surface area contributed by atoms with Gasteiger partial charge in [0.15, 0.2) is 0 Å². The Morgan fingerprint density at radius 1 is 1.04 bits per heavy atom. The molecule has 4 heteroatoms. The van der Waals surface area contributed by atoms with E-state index in [0.717, 1.165) is 29.1 Å². The Bertz CT molecular complexity index is 935. The normalized spacial score (nSPS) is 13.5. The van der Waals surface area contributed by atoms with Gasteiger partial charge in [-0.3, -0.25) is 4.79 Å². The Balaban J connectivity index is 1.40. The molecule has 0 aromatic heterocycles. The lowest BCUT2D eigenvalue weighted by Gasteiger charge is -2.22. The van der Waals surface area contributed by atoms with Gasteiger partial charge in [0.25, 0.3) is 0 Å². The van der Waals surface area contributed by atoms with Gasteiger partial charge in [0, 0.05) is 17.5 Å². The van der Waals surface area contributed by atoms with Gasteiger partial charge in [-0.15, -0.1) is 11.8 Å². The number of carbonyl (C=O) groups excluding carboxylic acids is 1. The van der Waals surface area contributed by atoms with E-state index in [0.29, 0.717) is 18.3 Å². The zero-order chi connectivity index (χ0) is 18.6. The molecule has 1 amide bonds. The third-order valence-corrected chi connectivity index (χ3v) is 5.88. The highest BCUT2D eigenvalue weighted by atomic mass is 32.2. The fourth-order valence-electron chi connectivity index (χ4n) is 3.22. The number of ether oxygens (including phenoxy) is 1. The number of nitrogens with zero attached hydrogens (tertiary/aromatic N) is 1. The topological polar surface area (TPSA) is 29.5 Å². The van der Waals surface area contributed by atoms with Gasteiger partial charge in [-0.1, -0.05) is 42.5 Å². The van der Waals surface area contributed by atoms with Crippen molar-refractivity contribution in [2.75, 3.05) is 12.9 Å². The summed E-state index contributed by atoms with van der Waals surface area (Å²) in [6, 6.07) is 23.1. The first-order valence-corrected chi connectivity index (χ1v) is 10.3. The van der Waals surface area contributed by atoms with E-state index < -0.39 is 0 Å². The Labute approximate surface area is 164 Å².